The van der Waals surface area contributed by atoms with Gasteiger partial charge in [-0.15, -0.1) is 0 Å². The summed E-state index contributed by atoms with van der Waals surface area (Å²) in [6.45, 7) is 6.12. The quantitative estimate of drug-likeness (QED) is 0.425. The van der Waals surface area contributed by atoms with Crippen molar-refractivity contribution in [1.82, 2.24) is 5.32 Å². The van der Waals surface area contributed by atoms with Crippen molar-refractivity contribution in [2.45, 2.75) is 71.1 Å². The zero-order chi connectivity index (χ0) is 16.7. The van der Waals surface area contributed by atoms with Gasteiger partial charge in [-0.05, 0) is 26.3 Å². The van der Waals surface area contributed by atoms with E-state index in [9.17, 15) is 0 Å². The normalized spacial score (nSPS) is 10.4. The molecule has 4 nitrogen and oxygen atoms in total. The summed E-state index contributed by atoms with van der Waals surface area (Å²) in [4.78, 5) is 0. The number of rotatable bonds is 16. The molecule has 0 aromatic heterocycles. The van der Waals surface area contributed by atoms with E-state index in [0.29, 0.717) is 6.61 Å². The number of unbranched alkanes of at least 4 members (excludes halogenated alkanes) is 8. The number of likely N-dealkylation sites (N-methyl/N-ethyl adjacent to an activating group) is 1. The molecule has 0 aliphatic heterocycles. The van der Waals surface area contributed by atoms with Gasteiger partial charge in [0.1, 0.15) is 0 Å². The molecule has 0 rings (SSSR count). The number of aliphatic hydroxyl groups is 1. The molecule has 0 spiro atoms. The Morgan fingerprint density at radius 3 is 1.95 bits per heavy atom. The molecule has 0 heterocycles. The van der Waals surface area contributed by atoms with Gasteiger partial charge < -0.3 is 19.9 Å². The average molecular weight is 320 g/mol. The lowest BCUT2D eigenvalue weighted by atomic mass is 10.1. The Morgan fingerprint density at radius 1 is 0.773 bits per heavy atom. The predicted molar refractivity (Wildman–Crippen MR) is 95.6 cm³/mol. The van der Waals surface area contributed by atoms with Crippen molar-refractivity contribution in [2.75, 3.05) is 47.1 Å². The van der Waals surface area contributed by atoms with E-state index < -0.39 is 0 Å². The molecule has 0 atom stereocenters. The number of ether oxygens (including phenoxy) is 2. The number of aliphatic hydroxyl groups excluding tert-OH is 1. The van der Waals surface area contributed by atoms with Crippen LogP contribution < -0.4 is 5.32 Å². The molecule has 0 unspecified atom stereocenters. The van der Waals surface area contributed by atoms with Crippen LogP contribution in [0, 0.1) is 0 Å². The summed E-state index contributed by atoms with van der Waals surface area (Å²) < 4.78 is 10.3. The lowest BCUT2D eigenvalue weighted by Gasteiger charge is -2.03. The smallest absolute Gasteiger partial charge is 0.0590 e. The van der Waals surface area contributed by atoms with Crippen molar-refractivity contribution in [2.24, 2.45) is 0 Å². The van der Waals surface area contributed by atoms with E-state index >= 15 is 0 Å². The van der Waals surface area contributed by atoms with Crippen molar-refractivity contribution in [3.05, 3.63) is 0 Å². The highest BCUT2D eigenvalue weighted by atomic mass is 16.5. The summed E-state index contributed by atoms with van der Waals surface area (Å²) in [6, 6.07) is 0. The van der Waals surface area contributed by atoms with Gasteiger partial charge in [0, 0.05) is 33.5 Å². The van der Waals surface area contributed by atoms with Gasteiger partial charge in [0.15, 0.2) is 0 Å². The highest BCUT2D eigenvalue weighted by Gasteiger charge is 1.90. The lowest BCUT2D eigenvalue weighted by molar-refractivity contribution is 0.133. The van der Waals surface area contributed by atoms with Crippen molar-refractivity contribution >= 4 is 0 Å². The van der Waals surface area contributed by atoms with E-state index in [4.69, 9.17) is 14.6 Å². The second kappa shape index (κ2) is 25.8. The zero-order valence-electron chi connectivity index (χ0n) is 15.4. The minimum atomic E-state index is 0.332. The van der Waals surface area contributed by atoms with Crippen LogP contribution in [0.4, 0.5) is 0 Å². The summed E-state index contributed by atoms with van der Waals surface area (Å²) in [5.74, 6) is 0. The second-order valence-corrected chi connectivity index (χ2v) is 5.61. The van der Waals surface area contributed by atoms with Crippen LogP contribution in [-0.2, 0) is 9.47 Å². The maximum Gasteiger partial charge on any atom is 0.0590 e. The van der Waals surface area contributed by atoms with Crippen LogP contribution in [0.3, 0.4) is 0 Å². The molecular formula is C18H41NO3. The molecule has 0 bridgehead atoms. The van der Waals surface area contributed by atoms with Crippen molar-refractivity contribution in [1.29, 1.82) is 0 Å². The zero-order valence-corrected chi connectivity index (χ0v) is 15.4. The summed E-state index contributed by atoms with van der Waals surface area (Å²) in [7, 11) is 3.69. The van der Waals surface area contributed by atoms with Gasteiger partial charge in [-0.3, -0.25) is 0 Å². The first kappa shape index (κ1) is 24.1. The van der Waals surface area contributed by atoms with Crippen LogP contribution in [0.25, 0.3) is 0 Å². The third-order valence-electron chi connectivity index (χ3n) is 3.40. The molecule has 0 aliphatic rings. The molecule has 0 aliphatic carbocycles. The van der Waals surface area contributed by atoms with Crippen molar-refractivity contribution in [3.8, 4) is 0 Å². The predicted octanol–water partition coefficient (Wildman–Crippen LogP) is 3.77. The van der Waals surface area contributed by atoms with Crippen molar-refractivity contribution in [3.63, 3.8) is 0 Å². The second-order valence-electron chi connectivity index (χ2n) is 5.61. The van der Waals surface area contributed by atoms with E-state index in [1.165, 1.54) is 44.9 Å². The van der Waals surface area contributed by atoms with Gasteiger partial charge in [0.25, 0.3) is 0 Å². The third-order valence-corrected chi connectivity index (χ3v) is 3.40. The summed E-state index contributed by atoms with van der Waals surface area (Å²) in [5.41, 5.74) is 0. The monoisotopic (exact) mass is 319 g/mol. The SMILES string of the molecule is CCCCCCCOC.CNCCOCCCCCCCO. The topological polar surface area (TPSA) is 50.7 Å². The highest BCUT2D eigenvalue weighted by molar-refractivity contribution is 4.44. The van der Waals surface area contributed by atoms with Crippen LogP contribution in [0.2, 0.25) is 0 Å². The minimum absolute atomic E-state index is 0.332. The largest absolute Gasteiger partial charge is 0.396 e. The van der Waals surface area contributed by atoms with Gasteiger partial charge in [-0.25, -0.2) is 0 Å². The first-order valence-electron chi connectivity index (χ1n) is 9.15. The van der Waals surface area contributed by atoms with Crippen molar-refractivity contribution < 1.29 is 14.6 Å². The molecule has 4 heteroatoms. The van der Waals surface area contributed by atoms with E-state index in [1.807, 2.05) is 7.05 Å². The third kappa shape index (κ3) is 28.1. The fourth-order valence-electron chi connectivity index (χ4n) is 1.97. The number of hydrogen-bond donors (Lipinski definition) is 2. The van der Waals surface area contributed by atoms with E-state index in [2.05, 4.69) is 12.2 Å². The summed E-state index contributed by atoms with van der Waals surface area (Å²) >= 11 is 0. The maximum absolute atomic E-state index is 8.53. The molecule has 0 saturated heterocycles. The van der Waals surface area contributed by atoms with E-state index in [1.54, 1.807) is 7.11 Å². The van der Waals surface area contributed by atoms with Crippen LogP contribution in [0.5, 0.6) is 0 Å². The Hall–Kier alpha value is -0.160. The van der Waals surface area contributed by atoms with Gasteiger partial charge in [-0.1, -0.05) is 51.9 Å². The molecule has 0 fully saturated rings. The summed E-state index contributed by atoms with van der Waals surface area (Å²) in [6.07, 6.45) is 12.3. The molecule has 22 heavy (non-hydrogen) atoms. The average Bonchev–Trinajstić information content (AvgIpc) is 2.54. The fraction of sp³-hybridized carbons (Fsp3) is 1.00. The lowest BCUT2D eigenvalue weighted by Crippen LogP contribution is -2.14. The molecule has 0 saturated carbocycles. The highest BCUT2D eigenvalue weighted by Crippen LogP contribution is 2.02. The molecule has 0 amide bonds. The van der Waals surface area contributed by atoms with Gasteiger partial charge in [0.2, 0.25) is 0 Å². The molecule has 0 radical (unpaired) electrons. The van der Waals surface area contributed by atoms with Crippen LogP contribution >= 0.6 is 0 Å². The minimum Gasteiger partial charge on any atom is -0.396 e. The van der Waals surface area contributed by atoms with Crippen LogP contribution in [0.15, 0.2) is 0 Å². The Balaban J connectivity index is 0. The van der Waals surface area contributed by atoms with Crippen LogP contribution in [-0.4, -0.2) is 52.2 Å². The Morgan fingerprint density at radius 2 is 1.36 bits per heavy atom. The molecule has 0 aromatic rings. The van der Waals surface area contributed by atoms with E-state index in [-0.39, 0.29) is 0 Å². The van der Waals surface area contributed by atoms with Crippen LogP contribution in [0.1, 0.15) is 71.1 Å². The van der Waals surface area contributed by atoms with Gasteiger partial charge in [-0.2, -0.15) is 0 Å². The Kier molecular flexibility index (Phi) is 28.2. The maximum atomic E-state index is 8.53. The molecule has 0 aromatic carbocycles. The summed E-state index contributed by atoms with van der Waals surface area (Å²) in [5, 5.41) is 11.6. The molecule has 136 valence electrons. The number of methoxy groups -OCH3 is 1. The molecule has 2 N–H and O–H groups in total. The standard InChI is InChI=1S/C10H23NO2.C8H18O/c1-11-7-10-13-9-6-4-2-3-5-8-12;1-3-4-5-6-7-8-9-2/h11-12H,2-10H2,1H3;3-8H2,1-2H3. The number of nitrogens with one attached hydrogen (secondary N) is 1. The fourth-order valence-corrected chi connectivity index (χ4v) is 1.97. The van der Waals surface area contributed by atoms with Gasteiger partial charge in [0.05, 0.1) is 6.61 Å². The Labute approximate surface area is 139 Å². The number of hydrogen-bond acceptors (Lipinski definition) is 4. The molecular weight excluding hydrogens is 278 g/mol. The van der Waals surface area contributed by atoms with E-state index in [0.717, 1.165) is 45.6 Å². The first-order chi connectivity index (χ1) is 10.8. The Bertz CT molecular complexity index is 152. The van der Waals surface area contributed by atoms with Gasteiger partial charge >= 0.3 is 0 Å². The first-order valence-corrected chi connectivity index (χ1v) is 9.15.